The third kappa shape index (κ3) is 9.02. The van der Waals surface area contributed by atoms with Crippen molar-refractivity contribution < 1.29 is 18.7 Å². The number of hydrogen-bond donors (Lipinski definition) is 3. The smallest absolute Gasteiger partial charge is 0.406 e. The molecule has 0 aliphatic heterocycles. The topological polar surface area (TPSA) is 71.6 Å². The highest BCUT2D eigenvalue weighted by molar-refractivity contribution is 6.30. The maximum Gasteiger partial charge on any atom is 0.406 e. The highest BCUT2D eigenvalue weighted by Gasteiger charge is 2.21. The zero-order chi connectivity index (χ0) is 26.6. The molecule has 8 heteroatoms. The predicted octanol–water partition coefficient (Wildman–Crippen LogP) is 6.06. The minimum Gasteiger partial charge on any atom is -0.453 e. The Kier molecular flexibility index (Phi) is 11.7. The molecule has 1 saturated carbocycles. The molecule has 2 aromatic carbocycles. The second-order valence-corrected chi connectivity index (χ2v) is 9.98. The summed E-state index contributed by atoms with van der Waals surface area (Å²) in [6.45, 7) is 5.32. The van der Waals surface area contributed by atoms with Crippen LogP contribution in [-0.2, 0) is 9.47 Å². The fourth-order valence-corrected chi connectivity index (χ4v) is 5.05. The van der Waals surface area contributed by atoms with Crippen LogP contribution in [0.25, 0.3) is 5.70 Å². The number of carbonyl (C=O) groups is 1. The van der Waals surface area contributed by atoms with Crippen LogP contribution in [-0.4, -0.2) is 46.0 Å². The fraction of sp³-hybridized carbons (Fsp3) is 0.483. The maximum absolute atomic E-state index is 15.1. The molecule has 1 unspecified atom stereocenters. The molecule has 1 aliphatic carbocycles. The number of amides is 1. The van der Waals surface area contributed by atoms with Crippen molar-refractivity contribution >= 4 is 23.4 Å². The summed E-state index contributed by atoms with van der Waals surface area (Å²) in [5.41, 5.74) is 2.59. The van der Waals surface area contributed by atoms with Crippen LogP contribution in [0.2, 0.25) is 5.02 Å². The Labute approximate surface area is 225 Å². The van der Waals surface area contributed by atoms with Gasteiger partial charge in [-0.15, -0.1) is 0 Å². The van der Waals surface area contributed by atoms with Crippen molar-refractivity contribution in [2.45, 2.75) is 50.7 Å². The second kappa shape index (κ2) is 15.0. The lowest BCUT2D eigenvalue weighted by Crippen LogP contribution is -2.37. The van der Waals surface area contributed by atoms with Gasteiger partial charge in [-0.05, 0) is 54.8 Å². The molecule has 1 fully saturated rings. The fourth-order valence-electron chi connectivity index (χ4n) is 4.85. The number of ether oxygens (including phenoxy) is 2. The van der Waals surface area contributed by atoms with E-state index in [9.17, 15) is 4.79 Å². The number of hydrogen-bond acceptors (Lipinski definition) is 5. The summed E-state index contributed by atoms with van der Waals surface area (Å²) >= 11 is 6.22. The van der Waals surface area contributed by atoms with Gasteiger partial charge in [-0.1, -0.05) is 68.5 Å². The third-order valence-electron chi connectivity index (χ3n) is 6.93. The van der Waals surface area contributed by atoms with Crippen LogP contribution in [0.4, 0.5) is 9.18 Å². The number of halogens is 2. The van der Waals surface area contributed by atoms with E-state index in [1.54, 1.807) is 30.3 Å². The van der Waals surface area contributed by atoms with Gasteiger partial charge in [0, 0.05) is 35.4 Å². The average molecular weight is 532 g/mol. The normalized spacial score (nSPS) is 15.6. The van der Waals surface area contributed by atoms with E-state index in [2.05, 4.69) is 27.3 Å². The van der Waals surface area contributed by atoms with E-state index >= 15 is 4.39 Å². The number of alkyl carbamates (subject to hydrolysis) is 1. The Morgan fingerprint density at radius 1 is 1.16 bits per heavy atom. The Morgan fingerprint density at radius 2 is 1.95 bits per heavy atom. The van der Waals surface area contributed by atoms with Gasteiger partial charge in [0.15, 0.2) is 0 Å². The number of nitrogens with one attached hydrogen (secondary N) is 3. The molecular formula is C29H39ClFN3O3. The number of rotatable bonds is 13. The van der Waals surface area contributed by atoms with E-state index in [0.29, 0.717) is 22.2 Å². The third-order valence-corrected chi connectivity index (χ3v) is 7.17. The molecule has 0 bridgehead atoms. The highest BCUT2D eigenvalue weighted by Crippen LogP contribution is 2.31. The first-order valence-electron chi connectivity index (χ1n) is 13.0. The first-order chi connectivity index (χ1) is 17.9. The number of benzene rings is 2. The molecule has 2 aromatic rings. The molecule has 202 valence electrons. The van der Waals surface area contributed by atoms with E-state index in [1.165, 1.54) is 45.3 Å². The van der Waals surface area contributed by atoms with Crippen molar-refractivity contribution in [1.29, 1.82) is 0 Å². The Hall–Kier alpha value is -2.61. The van der Waals surface area contributed by atoms with Gasteiger partial charge in [-0.2, -0.15) is 0 Å². The van der Waals surface area contributed by atoms with Gasteiger partial charge in [-0.3, -0.25) is 0 Å². The molecular weight excluding hydrogens is 493 g/mol. The van der Waals surface area contributed by atoms with Crippen LogP contribution >= 0.6 is 11.6 Å². The van der Waals surface area contributed by atoms with Gasteiger partial charge in [0.1, 0.15) is 11.9 Å². The summed E-state index contributed by atoms with van der Waals surface area (Å²) in [5.74, 6) is 0.371. The molecule has 1 amide bonds. The summed E-state index contributed by atoms with van der Waals surface area (Å²) < 4.78 is 25.8. The van der Waals surface area contributed by atoms with Gasteiger partial charge in [0.25, 0.3) is 0 Å². The van der Waals surface area contributed by atoms with Crippen molar-refractivity contribution in [1.82, 2.24) is 16.0 Å². The lowest BCUT2D eigenvalue weighted by molar-refractivity contribution is 0.0782. The van der Waals surface area contributed by atoms with E-state index in [0.717, 1.165) is 30.1 Å². The summed E-state index contributed by atoms with van der Waals surface area (Å²) in [4.78, 5) is 11.4. The van der Waals surface area contributed by atoms with Gasteiger partial charge in [-0.25, -0.2) is 9.18 Å². The van der Waals surface area contributed by atoms with Crippen LogP contribution in [0.1, 0.15) is 61.3 Å². The van der Waals surface area contributed by atoms with E-state index < -0.39 is 18.0 Å². The molecule has 3 rings (SSSR count). The standard InChI is InChI=1S/C29H39ClFN3O3/c1-20(34-19-25(32-2)16-21-8-5-4-6-9-21)22-12-13-27(31)26(18-22)28(23-10-7-11-24(30)17-23)37-15-14-33-29(35)36-3/h7,10-13,17-18,21,25,28,32,34H,1,4-6,8-9,14-16,19H2,2-3H3,(H,33,35)/t25-,28?/m0/s1. The van der Waals surface area contributed by atoms with Crippen LogP contribution in [0.15, 0.2) is 49.0 Å². The van der Waals surface area contributed by atoms with Crippen molar-refractivity contribution in [3.05, 3.63) is 76.6 Å². The van der Waals surface area contributed by atoms with Gasteiger partial charge < -0.3 is 25.4 Å². The Morgan fingerprint density at radius 3 is 2.65 bits per heavy atom. The predicted molar refractivity (Wildman–Crippen MR) is 147 cm³/mol. The van der Waals surface area contributed by atoms with E-state index in [-0.39, 0.29) is 13.2 Å². The minimum absolute atomic E-state index is 0.153. The van der Waals surface area contributed by atoms with Crippen molar-refractivity contribution in [3.63, 3.8) is 0 Å². The van der Waals surface area contributed by atoms with Gasteiger partial charge >= 0.3 is 6.09 Å². The Balaban J connectivity index is 1.72. The lowest BCUT2D eigenvalue weighted by Gasteiger charge is -2.27. The summed E-state index contributed by atoms with van der Waals surface area (Å²) in [6.07, 6.45) is 6.48. The van der Waals surface area contributed by atoms with Crippen molar-refractivity contribution in [2.75, 3.05) is 33.9 Å². The largest absolute Gasteiger partial charge is 0.453 e. The molecule has 0 aromatic heterocycles. The first kappa shape index (κ1) is 29.0. The van der Waals surface area contributed by atoms with E-state index in [1.807, 2.05) is 13.1 Å². The van der Waals surface area contributed by atoms with Crippen molar-refractivity contribution in [3.8, 4) is 0 Å². The lowest BCUT2D eigenvalue weighted by atomic mass is 9.85. The molecule has 0 spiro atoms. The summed E-state index contributed by atoms with van der Waals surface area (Å²) in [6, 6.07) is 12.4. The van der Waals surface area contributed by atoms with E-state index in [4.69, 9.17) is 16.3 Å². The second-order valence-electron chi connectivity index (χ2n) is 9.55. The molecule has 0 saturated heterocycles. The molecule has 37 heavy (non-hydrogen) atoms. The minimum atomic E-state index is -0.720. The number of methoxy groups -OCH3 is 1. The average Bonchev–Trinajstić information content (AvgIpc) is 2.91. The maximum atomic E-state index is 15.1. The quantitative estimate of drug-likeness (QED) is 0.274. The van der Waals surface area contributed by atoms with Crippen LogP contribution in [0.5, 0.6) is 0 Å². The Bertz CT molecular complexity index is 1030. The van der Waals surface area contributed by atoms with Crippen LogP contribution in [0.3, 0.4) is 0 Å². The summed E-state index contributed by atoms with van der Waals surface area (Å²) in [5, 5.41) is 9.97. The van der Waals surface area contributed by atoms with Crippen LogP contribution in [0, 0.1) is 11.7 Å². The molecule has 3 N–H and O–H groups in total. The first-order valence-corrected chi connectivity index (χ1v) is 13.4. The van der Waals surface area contributed by atoms with Crippen molar-refractivity contribution in [2.24, 2.45) is 5.92 Å². The van der Waals surface area contributed by atoms with Crippen LogP contribution < -0.4 is 16.0 Å². The molecule has 1 aliphatic rings. The zero-order valence-corrected chi connectivity index (χ0v) is 22.6. The molecule has 0 heterocycles. The zero-order valence-electron chi connectivity index (χ0n) is 21.8. The summed E-state index contributed by atoms with van der Waals surface area (Å²) in [7, 11) is 3.29. The van der Waals surface area contributed by atoms with Gasteiger partial charge in [0.05, 0.1) is 13.7 Å². The van der Waals surface area contributed by atoms with Gasteiger partial charge in [0.2, 0.25) is 0 Å². The molecule has 6 nitrogen and oxygen atoms in total. The highest BCUT2D eigenvalue weighted by atomic mass is 35.5. The SMILES string of the molecule is C=C(NC[C@H](CC1CCCCC1)NC)c1ccc(F)c(C(OCCNC(=O)OC)c2cccc(Cl)c2)c1. The monoisotopic (exact) mass is 531 g/mol. The molecule has 0 radical (unpaired) electrons. The number of carbonyl (C=O) groups excluding carboxylic acids is 1. The number of likely N-dealkylation sites (N-methyl/N-ethyl adjacent to an activating group) is 1. The molecule has 2 atom stereocenters.